The number of carbonyl (C=O) groups is 1. The highest BCUT2D eigenvalue weighted by Gasteiger charge is 2.43. The molecule has 0 unspecified atom stereocenters. The van der Waals surface area contributed by atoms with Gasteiger partial charge in [0.05, 0.1) is 5.71 Å². The van der Waals surface area contributed by atoms with Crippen LogP contribution in [0.25, 0.3) is 0 Å². The minimum Gasteiger partial charge on any atom is -0.273 e. The van der Waals surface area contributed by atoms with Gasteiger partial charge >= 0.3 is 0 Å². The van der Waals surface area contributed by atoms with Crippen molar-refractivity contribution in [3.05, 3.63) is 71.8 Å². The summed E-state index contributed by atoms with van der Waals surface area (Å²) in [6.07, 6.45) is 2.77. The molecule has 3 heteroatoms. The van der Waals surface area contributed by atoms with Crippen LogP contribution in [0.3, 0.4) is 0 Å². The van der Waals surface area contributed by atoms with Crippen molar-refractivity contribution in [3.63, 3.8) is 0 Å². The molecule has 1 saturated carbocycles. The molecule has 1 N–H and O–H groups in total. The number of hydrazone groups is 1. The second kappa shape index (κ2) is 7.23. The maximum atomic E-state index is 12.3. The number of rotatable bonds is 6. The van der Waals surface area contributed by atoms with Crippen LogP contribution < -0.4 is 5.43 Å². The number of hydrogen-bond acceptors (Lipinski definition) is 2. The van der Waals surface area contributed by atoms with Crippen LogP contribution in [0.15, 0.2) is 65.8 Å². The molecule has 3 nitrogen and oxygen atoms in total. The third-order valence-corrected chi connectivity index (χ3v) is 4.25. The van der Waals surface area contributed by atoms with Crippen molar-refractivity contribution in [3.8, 4) is 0 Å². The van der Waals surface area contributed by atoms with Crippen molar-refractivity contribution in [1.29, 1.82) is 0 Å². The van der Waals surface area contributed by atoms with Gasteiger partial charge in [0.15, 0.2) is 0 Å². The van der Waals surface area contributed by atoms with E-state index in [2.05, 4.69) is 29.6 Å². The van der Waals surface area contributed by atoms with Gasteiger partial charge in [-0.05, 0) is 29.9 Å². The molecule has 2 atom stereocenters. The molecule has 2 aromatic carbocycles. The molecule has 1 aliphatic rings. The molecule has 2 aromatic rings. The lowest BCUT2D eigenvalue weighted by Crippen LogP contribution is -2.22. The van der Waals surface area contributed by atoms with Crippen LogP contribution in [-0.4, -0.2) is 11.6 Å². The van der Waals surface area contributed by atoms with E-state index in [1.54, 1.807) is 0 Å². The third-order valence-electron chi connectivity index (χ3n) is 4.25. The first-order chi connectivity index (χ1) is 11.3. The minimum atomic E-state index is 0.0309. The van der Waals surface area contributed by atoms with E-state index in [1.807, 2.05) is 48.5 Å². The Labute approximate surface area is 137 Å². The SMILES string of the molecule is CCC/C(=N/NC(=O)[C@@H]1C[C@@H]1c1ccccc1)c1ccccc1. The molecule has 0 spiro atoms. The fourth-order valence-electron chi connectivity index (χ4n) is 2.89. The van der Waals surface area contributed by atoms with Gasteiger partial charge in [-0.1, -0.05) is 74.0 Å². The molecule has 1 fully saturated rings. The van der Waals surface area contributed by atoms with Crippen molar-refractivity contribution in [2.45, 2.75) is 32.1 Å². The van der Waals surface area contributed by atoms with Crippen LogP contribution in [0.1, 0.15) is 43.2 Å². The van der Waals surface area contributed by atoms with E-state index in [0.717, 1.165) is 30.5 Å². The molecule has 0 radical (unpaired) electrons. The van der Waals surface area contributed by atoms with E-state index in [1.165, 1.54) is 5.56 Å². The average Bonchev–Trinajstić information content (AvgIpc) is 3.41. The van der Waals surface area contributed by atoms with Crippen molar-refractivity contribution < 1.29 is 4.79 Å². The summed E-state index contributed by atoms with van der Waals surface area (Å²) >= 11 is 0. The zero-order valence-electron chi connectivity index (χ0n) is 13.4. The lowest BCUT2D eigenvalue weighted by Gasteiger charge is -2.06. The van der Waals surface area contributed by atoms with Crippen LogP contribution in [0.5, 0.6) is 0 Å². The monoisotopic (exact) mass is 306 g/mol. The van der Waals surface area contributed by atoms with Gasteiger partial charge in [0.25, 0.3) is 0 Å². The second-order valence-corrected chi connectivity index (χ2v) is 6.01. The van der Waals surface area contributed by atoms with Gasteiger partial charge in [-0.2, -0.15) is 5.10 Å². The van der Waals surface area contributed by atoms with Gasteiger partial charge in [0.2, 0.25) is 5.91 Å². The summed E-state index contributed by atoms with van der Waals surface area (Å²) < 4.78 is 0. The molecule has 0 heterocycles. The third kappa shape index (κ3) is 3.86. The highest BCUT2D eigenvalue weighted by Crippen LogP contribution is 2.47. The van der Waals surface area contributed by atoms with Crippen molar-refractivity contribution in [2.24, 2.45) is 11.0 Å². The van der Waals surface area contributed by atoms with Gasteiger partial charge in [0, 0.05) is 5.92 Å². The zero-order valence-corrected chi connectivity index (χ0v) is 13.4. The Bertz CT molecular complexity index is 679. The summed E-state index contributed by atoms with van der Waals surface area (Å²) in [6.45, 7) is 2.12. The summed E-state index contributed by atoms with van der Waals surface area (Å²) in [6, 6.07) is 20.3. The van der Waals surface area contributed by atoms with Crippen molar-refractivity contribution >= 4 is 11.6 Å². The molecule has 118 valence electrons. The highest BCUT2D eigenvalue weighted by molar-refractivity contribution is 6.01. The Morgan fingerprint density at radius 3 is 2.39 bits per heavy atom. The molecule has 0 aromatic heterocycles. The fourth-order valence-corrected chi connectivity index (χ4v) is 2.89. The van der Waals surface area contributed by atoms with E-state index < -0.39 is 0 Å². The highest BCUT2D eigenvalue weighted by atomic mass is 16.2. The summed E-state index contributed by atoms with van der Waals surface area (Å²) in [7, 11) is 0. The summed E-state index contributed by atoms with van der Waals surface area (Å²) in [5, 5.41) is 4.39. The van der Waals surface area contributed by atoms with E-state index in [4.69, 9.17) is 0 Å². The van der Waals surface area contributed by atoms with Crippen molar-refractivity contribution in [2.75, 3.05) is 0 Å². The lowest BCUT2D eigenvalue weighted by molar-refractivity contribution is -0.122. The van der Waals surface area contributed by atoms with Gasteiger partial charge in [-0.3, -0.25) is 4.79 Å². The predicted molar refractivity (Wildman–Crippen MR) is 93.3 cm³/mol. The molecule has 1 aliphatic carbocycles. The number of benzene rings is 2. The second-order valence-electron chi connectivity index (χ2n) is 6.01. The van der Waals surface area contributed by atoms with Crippen LogP contribution in [0.4, 0.5) is 0 Å². The topological polar surface area (TPSA) is 41.5 Å². The van der Waals surface area contributed by atoms with Gasteiger partial charge in [0.1, 0.15) is 0 Å². The molecule has 1 amide bonds. The summed E-state index contributed by atoms with van der Waals surface area (Å²) in [5.74, 6) is 0.431. The Hall–Kier alpha value is -2.42. The Kier molecular flexibility index (Phi) is 4.86. The fraction of sp³-hybridized carbons (Fsp3) is 0.300. The van der Waals surface area contributed by atoms with Gasteiger partial charge in [-0.25, -0.2) is 5.43 Å². The molecular formula is C20H22N2O. The number of hydrogen-bond donors (Lipinski definition) is 1. The van der Waals surface area contributed by atoms with E-state index in [9.17, 15) is 4.79 Å². The molecule has 23 heavy (non-hydrogen) atoms. The summed E-state index contributed by atoms with van der Waals surface area (Å²) in [4.78, 5) is 12.3. The van der Waals surface area contributed by atoms with E-state index in [0.29, 0.717) is 5.92 Å². The Balaban J connectivity index is 1.63. The molecule has 0 aliphatic heterocycles. The number of carbonyl (C=O) groups excluding carboxylic acids is 1. The Morgan fingerprint density at radius 2 is 1.74 bits per heavy atom. The molecular weight excluding hydrogens is 284 g/mol. The van der Waals surface area contributed by atoms with Crippen molar-refractivity contribution in [1.82, 2.24) is 5.43 Å². The first-order valence-electron chi connectivity index (χ1n) is 8.26. The lowest BCUT2D eigenvalue weighted by atomic mass is 10.1. The Morgan fingerprint density at radius 1 is 1.09 bits per heavy atom. The largest absolute Gasteiger partial charge is 0.273 e. The van der Waals surface area contributed by atoms with Crippen LogP contribution in [0.2, 0.25) is 0 Å². The first kappa shape index (κ1) is 15.5. The van der Waals surface area contributed by atoms with Crippen LogP contribution in [0, 0.1) is 5.92 Å². The predicted octanol–water partition coefficient (Wildman–Crippen LogP) is 4.11. The van der Waals surface area contributed by atoms with Crippen LogP contribution >= 0.6 is 0 Å². The van der Waals surface area contributed by atoms with Crippen LogP contribution in [-0.2, 0) is 4.79 Å². The molecule has 0 saturated heterocycles. The standard InChI is InChI=1S/C20H22N2O/c1-2-9-19(16-12-7-4-8-13-16)21-22-20(23)18-14-17(18)15-10-5-3-6-11-15/h3-8,10-13,17-18H,2,9,14H2,1H3,(H,22,23)/b21-19-/t17-,18-/m1/s1. The maximum absolute atomic E-state index is 12.3. The minimum absolute atomic E-state index is 0.0309. The number of amides is 1. The van der Waals surface area contributed by atoms with E-state index >= 15 is 0 Å². The number of nitrogens with zero attached hydrogens (tertiary/aromatic N) is 1. The molecule has 3 rings (SSSR count). The molecule has 0 bridgehead atoms. The zero-order chi connectivity index (χ0) is 16.1. The number of nitrogens with one attached hydrogen (secondary N) is 1. The normalized spacial score (nSPS) is 20.1. The van der Waals surface area contributed by atoms with E-state index in [-0.39, 0.29) is 11.8 Å². The smallest absolute Gasteiger partial charge is 0.243 e. The average molecular weight is 306 g/mol. The van der Waals surface area contributed by atoms with Gasteiger partial charge in [-0.15, -0.1) is 0 Å². The summed E-state index contributed by atoms with van der Waals surface area (Å²) in [5.41, 5.74) is 6.04. The van der Waals surface area contributed by atoms with Gasteiger partial charge < -0.3 is 0 Å². The quantitative estimate of drug-likeness (QED) is 0.633. The maximum Gasteiger partial charge on any atom is 0.243 e. The first-order valence-corrected chi connectivity index (χ1v) is 8.26.